The molecule has 1 aliphatic rings. The number of hydrogen-bond donors (Lipinski definition) is 2. The van der Waals surface area contributed by atoms with Crippen molar-refractivity contribution in [2.24, 2.45) is 0 Å². The minimum Gasteiger partial charge on any atom is -0.361 e. The van der Waals surface area contributed by atoms with Crippen LogP contribution in [0.2, 0.25) is 0 Å². The monoisotopic (exact) mass is 385 g/mol. The number of anilines is 2. The van der Waals surface area contributed by atoms with E-state index in [0.717, 1.165) is 22.5 Å². The SMILES string of the molecule is CC(=O)Nc1ccc([C@H]2Nc3ccccc3C(=O)N2Cc2ccc(C)cc2)cc1. The molecule has 0 fully saturated rings. The highest BCUT2D eigenvalue weighted by molar-refractivity contribution is 6.01. The fraction of sp³-hybridized carbons (Fsp3) is 0.167. The van der Waals surface area contributed by atoms with Crippen LogP contribution < -0.4 is 10.6 Å². The highest BCUT2D eigenvalue weighted by Gasteiger charge is 2.32. The summed E-state index contributed by atoms with van der Waals surface area (Å²) in [7, 11) is 0. The van der Waals surface area contributed by atoms with E-state index in [1.807, 2.05) is 60.4 Å². The number of hydrogen-bond acceptors (Lipinski definition) is 3. The molecule has 3 aromatic rings. The summed E-state index contributed by atoms with van der Waals surface area (Å²) in [6.07, 6.45) is -0.301. The van der Waals surface area contributed by atoms with Crippen LogP contribution >= 0.6 is 0 Å². The molecule has 146 valence electrons. The highest BCUT2D eigenvalue weighted by Crippen LogP contribution is 2.34. The second-order valence-electron chi connectivity index (χ2n) is 7.31. The molecule has 0 saturated heterocycles. The largest absolute Gasteiger partial charge is 0.361 e. The summed E-state index contributed by atoms with van der Waals surface area (Å²) < 4.78 is 0. The Balaban J connectivity index is 1.69. The summed E-state index contributed by atoms with van der Waals surface area (Å²) >= 11 is 0. The number of nitrogens with zero attached hydrogens (tertiary/aromatic N) is 1. The molecule has 2 amide bonds. The zero-order valence-electron chi connectivity index (χ0n) is 16.5. The van der Waals surface area contributed by atoms with E-state index < -0.39 is 0 Å². The van der Waals surface area contributed by atoms with E-state index >= 15 is 0 Å². The van der Waals surface area contributed by atoms with Gasteiger partial charge in [-0.1, -0.05) is 54.1 Å². The Hall–Kier alpha value is -3.60. The summed E-state index contributed by atoms with van der Waals surface area (Å²) in [6, 6.07) is 23.4. The number of fused-ring (bicyclic) bond motifs is 1. The number of nitrogens with one attached hydrogen (secondary N) is 2. The normalized spacial score (nSPS) is 15.4. The van der Waals surface area contributed by atoms with E-state index in [2.05, 4.69) is 34.9 Å². The third-order valence-electron chi connectivity index (χ3n) is 5.04. The Morgan fingerprint density at radius 2 is 1.69 bits per heavy atom. The Labute approximate surface area is 170 Å². The predicted molar refractivity (Wildman–Crippen MR) is 115 cm³/mol. The van der Waals surface area contributed by atoms with E-state index in [0.29, 0.717) is 12.1 Å². The Morgan fingerprint density at radius 1 is 1.00 bits per heavy atom. The molecule has 3 aromatic carbocycles. The summed E-state index contributed by atoms with van der Waals surface area (Å²) in [5, 5.41) is 6.28. The van der Waals surface area contributed by atoms with Gasteiger partial charge in [0.2, 0.25) is 5.91 Å². The first-order valence-electron chi connectivity index (χ1n) is 9.61. The Morgan fingerprint density at radius 3 is 2.38 bits per heavy atom. The van der Waals surface area contributed by atoms with Gasteiger partial charge in [-0.3, -0.25) is 9.59 Å². The van der Waals surface area contributed by atoms with Crippen molar-refractivity contribution in [3.05, 3.63) is 95.1 Å². The molecule has 5 heteroatoms. The van der Waals surface area contributed by atoms with Crippen LogP contribution in [0.1, 0.15) is 40.1 Å². The topological polar surface area (TPSA) is 61.4 Å². The maximum Gasteiger partial charge on any atom is 0.258 e. The highest BCUT2D eigenvalue weighted by atomic mass is 16.2. The predicted octanol–water partition coefficient (Wildman–Crippen LogP) is 4.72. The lowest BCUT2D eigenvalue weighted by molar-refractivity contribution is -0.114. The molecule has 0 aliphatic carbocycles. The number of benzene rings is 3. The van der Waals surface area contributed by atoms with Crippen molar-refractivity contribution in [1.82, 2.24) is 4.90 Å². The number of amides is 2. The van der Waals surface area contributed by atoms with E-state index in [1.54, 1.807) is 0 Å². The van der Waals surface area contributed by atoms with Crippen molar-refractivity contribution in [2.45, 2.75) is 26.6 Å². The first-order valence-corrected chi connectivity index (χ1v) is 9.61. The van der Waals surface area contributed by atoms with Crippen molar-refractivity contribution in [3.63, 3.8) is 0 Å². The van der Waals surface area contributed by atoms with Crippen LogP contribution in [-0.4, -0.2) is 16.7 Å². The molecule has 29 heavy (non-hydrogen) atoms. The van der Waals surface area contributed by atoms with Crippen molar-refractivity contribution < 1.29 is 9.59 Å². The molecule has 4 rings (SSSR count). The summed E-state index contributed by atoms with van der Waals surface area (Å²) in [6.45, 7) is 4.03. The van der Waals surface area contributed by atoms with Crippen molar-refractivity contribution in [3.8, 4) is 0 Å². The summed E-state index contributed by atoms with van der Waals surface area (Å²) in [4.78, 5) is 26.4. The first-order chi connectivity index (χ1) is 14.0. The van der Waals surface area contributed by atoms with Crippen LogP contribution in [0, 0.1) is 6.92 Å². The molecule has 0 radical (unpaired) electrons. The maximum atomic E-state index is 13.3. The lowest BCUT2D eigenvalue weighted by Gasteiger charge is -2.38. The summed E-state index contributed by atoms with van der Waals surface area (Å²) in [5.41, 5.74) is 5.44. The van der Waals surface area contributed by atoms with Gasteiger partial charge in [0.15, 0.2) is 0 Å². The van der Waals surface area contributed by atoms with E-state index in [-0.39, 0.29) is 18.0 Å². The molecule has 0 unspecified atom stereocenters. The fourth-order valence-electron chi connectivity index (χ4n) is 3.56. The zero-order valence-corrected chi connectivity index (χ0v) is 16.5. The van der Waals surface area contributed by atoms with Crippen molar-refractivity contribution in [1.29, 1.82) is 0 Å². The molecule has 1 heterocycles. The molecular formula is C24H23N3O2. The van der Waals surface area contributed by atoms with Crippen LogP contribution in [0.4, 0.5) is 11.4 Å². The van der Waals surface area contributed by atoms with Crippen LogP contribution in [0.15, 0.2) is 72.8 Å². The Kier molecular flexibility index (Phi) is 5.04. The minimum atomic E-state index is -0.301. The van der Waals surface area contributed by atoms with Gasteiger partial charge in [-0.25, -0.2) is 0 Å². The van der Waals surface area contributed by atoms with Crippen LogP contribution in [0.5, 0.6) is 0 Å². The minimum absolute atomic E-state index is 0.00383. The third-order valence-corrected chi connectivity index (χ3v) is 5.04. The summed E-state index contributed by atoms with van der Waals surface area (Å²) in [5.74, 6) is -0.116. The molecule has 0 bridgehead atoms. The van der Waals surface area contributed by atoms with Crippen molar-refractivity contribution >= 4 is 23.2 Å². The fourth-order valence-corrected chi connectivity index (χ4v) is 3.56. The van der Waals surface area contributed by atoms with Gasteiger partial charge in [0.25, 0.3) is 5.91 Å². The van der Waals surface area contributed by atoms with Gasteiger partial charge in [0.05, 0.1) is 5.56 Å². The molecule has 1 aliphatic heterocycles. The molecule has 1 atom stereocenters. The van der Waals surface area contributed by atoms with E-state index in [9.17, 15) is 9.59 Å². The average molecular weight is 385 g/mol. The second kappa shape index (κ2) is 7.80. The smallest absolute Gasteiger partial charge is 0.258 e. The van der Waals surface area contributed by atoms with Gasteiger partial charge in [0.1, 0.15) is 6.17 Å². The molecule has 0 saturated carbocycles. The standard InChI is InChI=1S/C24H23N3O2/c1-16-7-9-18(10-8-16)15-27-23(19-11-13-20(14-12-19)25-17(2)28)26-22-6-4-3-5-21(22)24(27)29/h3-14,23,26H,15H2,1-2H3,(H,25,28)/t23-/m0/s1. The number of carbonyl (C=O) groups is 2. The maximum absolute atomic E-state index is 13.3. The number of aryl methyl sites for hydroxylation is 1. The molecule has 5 nitrogen and oxygen atoms in total. The van der Waals surface area contributed by atoms with E-state index in [1.165, 1.54) is 12.5 Å². The first kappa shape index (κ1) is 18.7. The van der Waals surface area contributed by atoms with Gasteiger partial charge in [-0.05, 0) is 42.3 Å². The van der Waals surface area contributed by atoms with Crippen LogP contribution in [0.3, 0.4) is 0 Å². The quantitative estimate of drug-likeness (QED) is 0.683. The molecule has 2 N–H and O–H groups in total. The number of para-hydroxylation sites is 1. The van der Waals surface area contributed by atoms with Crippen LogP contribution in [-0.2, 0) is 11.3 Å². The van der Waals surface area contributed by atoms with Crippen LogP contribution in [0.25, 0.3) is 0 Å². The van der Waals surface area contributed by atoms with Gasteiger partial charge >= 0.3 is 0 Å². The molecule has 0 spiro atoms. The van der Waals surface area contributed by atoms with Crippen molar-refractivity contribution in [2.75, 3.05) is 10.6 Å². The Bertz CT molecular complexity index is 1040. The lowest BCUT2D eigenvalue weighted by Crippen LogP contribution is -2.42. The van der Waals surface area contributed by atoms with Gasteiger partial charge in [-0.2, -0.15) is 0 Å². The van der Waals surface area contributed by atoms with E-state index in [4.69, 9.17) is 0 Å². The van der Waals surface area contributed by atoms with Gasteiger partial charge in [-0.15, -0.1) is 0 Å². The van der Waals surface area contributed by atoms with Gasteiger partial charge < -0.3 is 15.5 Å². The molecular weight excluding hydrogens is 362 g/mol. The lowest BCUT2D eigenvalue weighted by atomic mass is 10.0. The number of rotatable bonds is 4. The molecule has 0 aromatic heterocycles. The number of carbonyl (C=O) groups excluding carboxylic acids is 2. The third kappa shape index (κ3) is 3.99. The van der Waals surface area contributed by atoms with Gasteiger partial charge in [0, 0.05) is 24.8 Å². The average Bonchev–Trinajstić information content (AvgIpc) is 2.72. The second-order valence-corrected chi connectivity index (χ2v) is 7.31. The zero-order chi connectivity index (χ0) is 20.4.